The molecule has 0 atom stereocenters. The molecule has 0 fully saturated rings. The maximum absolute atomic E-state index is 12.3. The van der Waals surface area contributed by atoms with Crippen LogP contribution in [0.15, 0.2) is 75.0 Å². The summed E-state index contributed by atoms with van der Waals surface area (Å²) < 4.78 is 31.9. The SMILES string of the molecule is Cc1cc(NS(=O)(=O)c2ccc(NC(=O)CCSc3ccccc3)cc2)no1. The van der Waals surface area contributed by atoms with Gasteiger partial charge in [0.05, 0.1) is 4.90 Å². The highest BCUT2D eigenvalue weighted by Crippen LogP contribution is 2.20. The van der Waals surface area contributed by atoms with E-state index >= 15 is 0 Å². The average molecular weight is 418 g/mol. The van der Waals surface area contributed by atoms with Crippen molar-refractivity contribution in [3.05, 3.63) is 66.4 Å². The fourth-order valence-electron chi connectivity index (χ4n) is 2.33. The second kappa shape index (κ2) is 8.94. The van der Waals surface area contributed by atoms with E-state index in [-0.39, 0.29) is 16.6 Å². The van der Waals surface area contributed by atoms with Crippen LogP contribution in [0.4, 0.5) is 11.5 Å². The summed E-state index contributed by atoms with van der Waals surface area (Å²) in [6.07, 6.45) is 0.354. The minimum atomic E-state index is -3.78. The minimum Gasteiger partial charge on any atom is -0.360 e. The van der Waals surface area contributed by atoms with Crippen LogP contribution in [0.5, 0.6) is 0 Å². The van der Waals surface area contributed by atoms with Crippen LogP contribution in [0.2, 0.25) is 0 Å². The first kappa shape index (κ1) is 20.0. The Morgan fingerprint density at radius 1 is 1.11 bits per heavy atom. The zero-order chi connectivity index (χ0) is 20.0. The number of hydrogen-bond acceptors (Lipinski definition) is 6. The Kier molecular flexibility index (Phi) is 6.37. The largest absolute Gasteiger partial charge is 0.360 e. The van der Waals surface area contributed by atoms with Gasteiger partial charge in [0, 0.05) is 28.8 Å². The molecule has 7 nitrogen and oxygen atoms in total. The number of carbonyl (C=O) groups excluding carboxylic acids is 1. The summed E-state index contributed by atoms with van der Waals surface area (Å²) in [5.41, 5.74) is 0.533. The van der Waals surface area contributed by atoms with Gasteiger partial charge in [0.25, 0.3) is 10.0 Å². The summed E-state index contributed by atoms with van der Waals surface area (Å²) in [6.45, 7) is 1.67. The lowest BCUT2D eigenvalue weighted by Gasteiger charge is -2.08. The number of rotatable bonds is 8. The Morgan fingerprint density at radius 3 is 2.46 bits per heavy atom. The Labute approximate surface area is 167 Å². The van der Waals surface area contributed by atoms with E-state index < -0.39 is 10.0 Å². The quantitative estimate of drug-likeness (QED) is 0.539. The van der Waals surface area contributed by atoms with Gasteiger partial charge in [0.2, 0.25) is 5.91 Å². The van der Waals surface area contributed by atoms with Gasteiger partial charge in [0.15, 0.2) is 5.82 Å². The van der Waals surface area contributed by atoms with Gasteiger partial charge in [-0.25, -0.2) is 8.42 Å². The Balaban J connectivity index is 1.52. The van der Waals surface area contributed by atoms with Crippen LogP contribution in [-0.4, -0.2) is 25.2 Å². The van der Waals surface area contributed by atoms with Crippen molar-refractivity contribution in [2.75, 3.05) is 15.8 Å². The lowest BCUT2D eigenvalue weighted by atomic mass is 10.3. The van der Waals surface area contributed by atoms with Crippen molar-refractivity contribution in [2.24, 2.45) is 0 Å². The number of aromatic nitrogens is 1. The zero-order valence-electron chi connectivity index (χ0n) is 15.1. The molecule has 0 aliphatic rings. The van der Waals surface area contributed by atoms with Crippen molar-refractivity contribution in [3.8, 4) is 0 Å². The minimum absolute atomic E-state index is 0.0609. The van der Waals surface area contributed by atoms with E-state index in [2.05, 4.69) is 15.2 Å². The number of anilines is 2. The van der Waals surface area contributed by atoms with Gasteiger partial charge in [-0.3, -0.25) is 9.52 Å². The molecule has 1 heterocycles. The molecule has 0 unspecified atom stereocenters. The Hall–Kier alpha value is -2.78. The van der Waals surface area contributed by atoms with Crippen molar-refractivity contribution in [2.45, 2.75) is 23.1 Å². The molecule has 146 valence electrons. The van der Waals surface area contributed by atoms with Crippen molar-refractivity contribution in [1.29, 1.82) is 0 Å². The predicted octanol–water partition coefficient (Wildman–Crippen LogP) is 3.90. The third-order valence-corrected chi connectivity index (χ3v) is 6.04. The van der Waals surface area contributed by atoms with Gasteiger partial charge in [0.1, 0.15) is 5.76 Å². The van der Waals surface area contributed by atoms with Crippen LogP contribution in [0.3, 0.4) is 0 Å². The highest BCUT2D eigenvalue weighted by molar-refractivity contribution is 7.99. The molecule has 0 spiro atoms. The third kappa shape index (κ3) is 5.61. The van der Waals surface area contributed by atoms with Crippen molar-refractivity contribution >= 4 is 39.2 Å². The average Bonchev–Trinajstić information content (AvgIpc) is 3.07. The molecule has 0 saturated heterocycles. The van der Waals surface area contributed by atoms with E-state index in [4.69, 9.17) is 4.52 Å². The molecule has 3 rings (SSSR count). The van der Waals surface area contributed by atoms with E-state index in [0.29, 0.717) is 23.6 Å². The van der Waals surface area contributed by atoms with E-state index in [1.54, 1.807) is 30.8 Å². The molecule has 0 bridgehead atoms. The van der Waals surface area contributed by atoms with Gasteiger partial charge < -0.3 is 9.84 Å². The first-order chi connectivity index (χ1) is 13.4. The monoisotopic (exact) mass is 417 g/mol. The fourth-order valence-corrected chi connectivity index (χ4v) is 4.19. The number of hydrogen-bond donors (Lipinski definition) is 2. The molecule has 9 heteroatoms. The van der Waals surface area contributed by atoms with Gasteiger partial charge in [-0.1, -0.05) is 23.4 Å². The number of nitrogens with one attached hydrogen (secondary N) is 2. The summed E-state index contributed by atoms with van der Waals surface area (Å²) in [4.78, 5) is 13.2. The Morgan fingerprint density at radius 2 is 1.82 bits per heavy atom. The van der Waals surface area contributed by atoms with Crippen LogP contribution < -0.4 is 10.0 Å². The summed E-state index contributed by atoms with van der Waals surface area (Å²) in [6, 6.07) is 17.3. The van der Waals surface area contributed by atoms with Crippen molar-refractivity contribution < 1.29 is 17.7 Å². The number of thioether (sulfide) groups is 1. The van der Waals surface area contributed by atoms with Crippen LogP contribution in [-0.2, 0) is 14.8 Å². The maximum atomic E-state index is 12.3. The molecule has 0 radical (unpaired) electrons. The smallest absolute Gasteiger partial charge is 0.263 e. The topological polar surface area (TPSA) is 101 Å². The second-order valence-electron chi connectivity index (χ2n) is 5.91. The normalized spacial score (nSPS) is 11.2. The Bertz CT molecular complexity index is 1030. The van der Waals surface area contributed by atoms with Gasteiger partial charge in [-0.05, 0) is 43.3 Å². The highest BCUT2D eigenvalue weighted by atomic mass is 32.2. The number of aryl methyl sites for hydroxylation is 1. The molecule has 0 aliphatic carbocycles. The van der Waals surface area contributed by atoms with E-state index in [0.717, 1.165) is 4.90 Å². The molecule has 2 aromatic carbocycles. The maximum Gasteiger partial charge on any atom is 0.263 e. The first-order valence-corrected chi connectivity index (χ1v) is 10.9. The number of benzene rings is 2. The summed E-state index contributed by atoms with van der Waals surface area (Å²) >= 11 is 1.61. The molecule has 3 aromatic rings. The number of sulfonamides is 1. The second-order valence-corrected chi connectivity index (χ2v) is 8.76. The molecule has 28 heavy (non-hydrogen) atoms. The molecule has 0 saturated carbocycles. The summed E-state index contributed by atoms with van der Waals surface area (Å²) in [5, 5.41) is 6.37. The van der Waals surface area contributed by atoms with Crippen LogP contribution in [0, 0.1) is 6.92 Å². The summed E-state index contributed by atoms with van der Waals surface area (Å²) in [7, 11) is -3.78. The van der Waals surface area contributed by atoms with Crippen molar-refractivity contribution in [1.82, 2.24) is 5.16 Å². The number of carbonyl (C=O) groups is 1. The van der Waals surface area contributed by atoms with Crippen LogP contribution in [0.25, 0.3) is 0 Å². The predicted molar refractivity (Wildman–Crippen MR) is 109 cm³/mol. The molecule has 2 N–H and O–H groups in total. The van der Waals surface area contributed by atoms with Gasteiger partial charge in [-0.15, -0.1) is 11.8 Å². The molecular formula is C19H19N3O4S2. The molecule has 0 aliphatic heterocycles. The molecular weight excluding hydrogens is 398 g/mol. The van der Waals surface area contributed by atoms with Crippen LogP contribution >= 0.6 is 11.8 Å². The lowest BCUT2D eigenvalue weighted by Crippen LogP contribution is -2.14. The standard InChI is InChI=1S/C19H19N3O4S2/c1-14-13-18(21-26-14)22-28(24,25)17-9-7-15(8-10-17)20-19(23)11-12-27-16-5-3-2-4-6-16/h2-10,13H,11-12H2,1H3,(H,20,23)(H,21,22). The van der Waals surface area contributed by atoms with Crippen LogP contribution in [0.1, 0.15) is 12.2 Å². The van der Waals surface area contributed by atoms with Gasteiger partial charge in [-0.2, -0.15) is 0 Å². The number of amides is 1. The third-order valence-electron chi connectivity index (χ3n) is 3.66. The first-order valence-electron chi connectivity index (χ1n) is 8.46. The highest BCUT2D eigenvalue weighted by Gasteiger charge is 2.16. The van der Waals surface area contributed by atoms with E-state index in [1.807, 2.05) is 30.3 Å². The van der Waals surface area contributed by atoms with E-state index in [1.165, 1.54) is 18.2 Å². The molecule has 1 aromatic heterocycles. The van der Waals surface area contributed by atoms with Crippen molar-refractivity contribution in [3.63, 3.8) is 0 Å². The fraction of sp³-hybridized carbons (Fsp3) is 0.158. The van der Waals surface area contributed by atoms with E-state index in [9.17, 15) is 13.2 Å². The lowest BCUT2D eigenvalue weighted by molar-refractivity contribution is -0.115. The molecule has 1 amide bonds. The van der Waals surface area contributed by atoms with Gasteiger partial charge >= 0.3 is 0 Å². The zero-order valence-corrected chi connectivity index (χ0v) is 16.7. The summed E-state index contributed by atoms with van der Waals surface area (Å²) in [5.74, 6) is 1.14. The number of nitrogens with zero attached hydrogens (tertiary/aromatic N) is 1.